The summed E-state index contributed by atoms with van der Waals surface area (Å²) in [6, 6.07) is 3.80. The normalized spacial score (nSPS) is 23.4. The number of morpholine rings is 1. The molecule has 3 N–H and O–H groups in total. The second-order valence-electron chi connectivity index (χ2n) is 4.65. The van der Waals surface area contributed by atoms with E-state index in [0.717, 1.165) is 6.07 Å². The fraction of sp³-hybridized carbons (Fsp3) is 0.462. The summed E-state index contributed by atoms with van der Waals surface area (Å²) < 4.78 is 19.2. The van der Waals surface area contributed by atoms with Crippen LogP contribution in [0.2, 0.25) is 0 Å². The molecule has 1 aliphatic heterocycles. The number of halogens is 1. The highest BCUT2D eigenvalue weighted by atomic mass is 19.1. The molecular formula is C13H17FN2O3. The maximum atomic E-state index is 13.7. The van der Waals surface area contributed by atoms with E-state index in [4.69, 9.17) is 10.5 Å². The molecule has 6 heteroatoms. The van der Waals surface area contributed by atoms with Gasteiger partial charge in [0.1, 0.15) is 17.1 Å². The van der Waals surface area contributed by atoms with E-state index in [1.165, 1.54) is 17.0 Å². The van der Waals surface area contributed by atoms with E-state index >= 15 is 0 Å². The number of amides is 1. The maximum absolute atomic E-state index is 13.7. The lowest BCUT2D eigenvalue weighted by Crippen LogP contribution is -2.51. The van der Waals surface area contributed by atoms with Crippen molar-refractivity contribution >= 4 is 5.91 Å². The van der Waals surface area contributed by atoms with Crippen LogP contribution < -0.4 is 5.73 Å². The highest BCUT2D eigenvalue weighted by molar-refractivity contribution is 5.97. The van der Waals surface area contributed by atoms with Crippen LogP contribution in [0.5, 0.6) is 5.75 Å². The first-order chi connectivity index (χ1) is 9.02. The van der Waals surface area contributed by atoms with Gasteiger partial charge in [0.2, 0.25) is 0 Å². The lowest BCUT2D eigenvalue weighted by molar-refractivity contribution is -0.0627. The molecule has 2 rings (SSSR count). The summed E-state index contributed by atoms with van der Waals surface area (Å²) in [5, 5.41) is 9.64. The predicted octanol–water partition coefficient (Wildman–Crippen LogP) is 0.719. The van der Waals surface area contributed by atoms with Gasteiger partial charge in [-0.3, -0.25) is 4.79 Å². The minimum atomic E-state index is -0.728. The molecule has 1 amide bonds. The summed E-state index contributed by atoms with van der Waals surface area (Å²) in [5.74, 6) is -1.62. The zero-order chi connectivity index (χ0) is 14.0. The molecule has 104 valence electrons. The summed E-state index contributed by atoms with van der Waals surface area (Å²) in [4.78, 5) is 13.7. The molecule has 0 aliphatic carbocycles. The Balaban J connectivity index is 2.24. The van der Waals surface area contributed by atoms with Crippen molar-refractivity contribution in [3.8, 4) is 5.75 Å². The molecule has 0 aromatic heterocycles. The second-order valence-corrected chi connectivity index (χ2v) is 4.65. The molecule has 2 atom stereocenters. The number of rotatable bonds is 2. The van der Waals surface area contributed by atoms with Gasteiger partial charge in [0.25, 0.3) is 5.91 Å². The van der Waals surface area contributed by atoms with Gasteiger partial charge in [0.15, 0.2) is 0 Å². The third-order valence-electron chi connectivity index (χ3n) is 3.08. The largest absolute Gasteiger partial charge is 0.507 e. The van der Waals surface area contributed by atoms with Gasteiger partial charge in [-0.2, -0.15) is 0 Å². The molecule has 1 fully saturated rings. The number of benzene rings is 1. The number of hydrogen-bond acceptors (Lipinski definition) is 4. The highest BCUT2D eigenvalue weighted by Gasteiger charge is 2.30. The molecule has 0 spiro atoms. The van der Waals surface area contributed by atoms with Crippen LogP contribution in [-0.2, 0) is 4.74 Å². The molecule has 1 aromatic carbocycles. The van der Waals surface area contributed by atoms with E-state index in [0.29, 0.717) is 13.1 Å². The van der Waals surface area contributed by atoms with Gasteiger partial charge >= 0.3 is 0 Å². The monoisotopic (exact) mass is 268 g/mol. The van der Waals surface area contributed by atoms with Crippen LogP contribution in [0.4, 0.5) is 4.39 Å². The van der Waals surface area contributed by atoms with Crippen LogP contribution in [-0.4, -0.2) is 47.8 Å². The van der Waals surface area contributed by atoms with Gasteiger partial charge in [-0.05, 0) is 19.1 Å². The first kappa shape index (κ1) is 13.8. The number of nitrogens with zero attached hydrogens (tertiary/aromatic N) is 1. The van der Waals surface area contributed by atoms with Crippen molar-refractivity contribution in [3.05, 3.63) is 29.6 Å². The summed E-state index contributed by atoms with van der Waals surface area (Å²) in [6.45, 7) is 2.76. The van der Waals surface area contributed by atoms with Gasteiger partial charge in [0, 0.05) is 19.6 Å². The third-order valence-corrected chi connectivity index (χ3v) is 3.08. The number of nitrogens with two attached hydrogens (primary N) is 1. The Hall–Kier alpha value is -1.66. The number of ether oxygens (including phenoxy) is 1. The molecular weight excluding hydrogens is 251 g/mol. The fourth-order valence-electron chi connectivity index (χ4n) is 2.22. The number of carbonyl (C=O) groups excluding carboxylic acids is 1. The van der Waals surface area contributed by atoms with Crippen molar-refractivity contribution in [3.63, 3.8) is 0 Å². The van der Waals surface area contributed by atoms with Crippen LogP contribution >= 0.6 is 0 Å². The smallest absolute Gasteiger partial charge is 0.260 e. The topological polar surface area (TPSA) is 75.8 Å². The molecule has 0 radical (unpaired) electrons. The Morgan fingerprint density at radius 3 is 2.95 bits per heavy atom. The van der Waals surface area contributed by atoms with E-state index in [9.17, 15) is 14.3 Å². The van der Waals surface area contributed by atoms with Crippen LogP contribution in [0.3, 0.4) is 0 Å². The lowest BCUT2D eigenvalue weighted by atomic mass is 10.1. The Labute approximate surface area is 110 Å². The standard InChI is InChI=1S/C13H17FN2O3/c1-8-6-16(7-9(5-15)19-8)13(18)12-10(14)3-2-4-11(12)17/h2-4,8-9,17H,5-7,15H2,1H3. The van der Waals surface area contributed by atoms with Crippen molar-refractivity contribution in [2.75, 3.05) is 19.6 Å². The number of phenols is 1. The maximum Gasteiger partial charge on any atom is 0.260 e. The van der Waals surface area contributed by atoms with Gasteiger partial charge in [0.05, 0.1) is 12.2 Å². The van der Waals surface area contributed by atoms with Crippen molar-refractivity contribution < 1.29 is 19.0 Å². The van der Waals surface area contributed by atoms with Crippen molar-refractivity contribution in [2.24, 2.45) is 5.73 Å². The van der Waals surface area contributed by atoms with E-state index in [1.807, 2.05) is 6.92 Å². The molecule has 0 saturated carbocycles. The van der Waals surface area contributed by atoms with Gasteiger partial charge in [-0.15, -0.1) is 0 Å². The number of aromatic hydroxyl groups is 1. The SMILES string of the molecule is CC1CN(C(=O)c2c(O)cccc2F)CC(CN)O1. The zero-order valence-electron chi connectivity index (χ0n) is 10.7. The van der Waals surface area contributed by atoms with Crippen LogP contribution in [0.1, 0.15) is 17.3 Å². The summed E-state index contributed by atoms with van der Waals surface area (Å²) in [7, 11) is 0. The fourth-order valence-corrected chi connectivity index (χ4v) is 2.22. The molecule has 2 unspecified atom stereocenters. The summed E-state index contributed by atoms with van der Waals surface area (Å²) >= 11 is 0. The van der Waals surface area contributed by atoms with Gasteiger partial charge < -0.3 is 20.5 Å². The summed E-state index contributed by atoms with van der Waals surface area (Å²) in [5.41, 5.74) is 5.24. The second kappa shape index (κ2) is 5.54. The van der Waals surface area contributed by atoms with Crippen molar-refractivity contribution in [1.29, 1.82) is 0 Å². The van der Waals surface area contributed by atoms with Crippen molar-refractivity contribution in [2.45, 2.75) is 19.1 Å². The third kappa shape index (κ3) is 2.85. The summed E-state index contributed by atoms with van der Waals surface area (Å²) in [6.07, 6.45) is -0.429. The first-order valence-corrected chi connectivity index (χ1v) is 6.15. The van der Waals surface area contributed by atoms with E-state index in [1.54, 1.807) is 0 Å². The van der Waals surface area contributed by atoms with E-state index in [2.05, 4.69) is 0 Å². The minimum absolute atomic E-state index is 0.167. The molecule has 1 heterocycles. The number of carbonyl (C=O) groups is 1. The molecule has 1 aromatic rings. The Kier molecular flexibility index (Phi) is 4.01. The van der Waals surface area contributed by atoms with E-state index in [-0.39, 0.29) is 30.1 Å². The molecule has 19 heavy (non-hydrogen) atoms. The van der Waals surface area contributed by atoms with Crippen LogP contribution in [0.15, 0.2) is 18.2 Å². The van der Waals surface area contributed by atoms with Crippen molar-refractivity contribution in [1.82, 2.24) is 4.90 Å². The minimum Gasteiger partial charge on any atom is -0.507 e. The Morgan fingerprint density at radius 1 is 1.58 bits per heavy atom. The number of hydrogen-bond donors (Lipinski definition) is 2. The molecule has 0 bridgehead atoms. The highest BCUT2D eigenvalue weighted by Crippen LogP contribution is 2.23. The quantitative estimate of drug-likeness (QED) is 0.828. The lowest BCUT2D eigenvalue weighted by Gasteiger charge is -2.36. The molecule has 1 aliphatic rings. The molecule has 5 nitrogen and oxygen atoms in total. The molecule has 1 saturated heterocycles. The van der Waals surface area contributed by atoms with E-state index < -0.39 is 11.7 Å². The number of phenolic OH excluding ortho intramolecular Hbond substituents is 1. The average molecular weight is 268 g/mol. The Morgan fingerprint density at radius 2 is 2.32 bits per heavy atom. The van der Waals surface area contributed by atoms with Crippen LogP contribution in [0, 0.1) is 5.82 Å². The predicted molar refractivity (Wildman–Crippen MR) is 67.4 cm³/mol. The first-order valence-electron chi connectivity index (χ1n) is 6.15. The zero-order valence-corrected chi connectivity index (χ0v) is 10.7. The average Bonchev–Trinajstić information content (AvgIpc) is 2.37. The van der Waals surface area contributed by atoms with Gasteiger partial charge in [-0.1, -0.05) is 6.07 Å². The van der Waals surface area contributed by atoms with Crippen LogP contribution in [0.25, 0.3) is 0 Å². The Bertz CT molecular complexity index is 461. The van der Waals surface area contributed by atoms with Gasteiger partial charge in [-0.25, -0.2) is 4.39 Å².